The van der Waals surface area contributed by atoms with E-state index in [9.17, 15) is 4.79 Å². The summed E-state index contributed by atoms with van der Waals surface area (Å²) in [5.74, 6) is -0.0829. The molecule has 2 aromatic carbocycles. The number of amides is 1. The Morgan fingerprint density at radius 1 is 1.18 bits per heavy atom. The van der Waals surface area contributed by atoms with Gasteiger partial charge in [-0.3, -0.25) is 14.7 Å². The van der Waals surface area contributed by atoms with Crippen LogP contribution < -0.4 is 4.90 Å². The van der Waals surface area contributed by atoms with E-state index in [1.807, 2.05) is 42.5 Å². The van der Waals surface area contributed by atoms with Crippen molar-refractivity contribution in [1.29, 1.82) is 0 Å². The van der Waals surface area contributed by atoms with Gasteiger partial charge >= 0.3 is 0 Å². The number of aromatic nitrogens is 2. The molecule has 0 bridgehead atoms. The Labute approximate surface area is 179 Å². The zero-order chi connectivity index (χ0) is 19.5. The summed E-state index contributed by atoms with van der Waals surface area (Å²) in [6, 6.07) is 17.4. The fraction of sp³-hybridized carbons (Fsp3) is 0.0952. The number of carbonyl (C=O) groups is 1. The van der Waals surface area contributed by atoms with Gasteiger partial charge in [0.25, 0.3) is 5.91 Å². The Morgan fingerprint density at radius 2 is 2.00 bits per heavy atom. The van der Waals surface area contributed by atoms with E-state index in [1.54, 1.807) is 29.1 Å². The molecular weight excluding hydrogens is 454 g/mol. The lowest BCUT2D eigenvalue weighted by Gasteiger charge is -2.20. The number of pyridine rings is 1. The number of fused-ring (bicyclic) bond motifs is 1. The maximum absolute atomic E-state index is 13.3. The predicted molar refractivity (Wildman–Crippen MR) is 120 cm³/mol. The maximum Gasteiger partial charge on any atom is 0.260 e. The van der Waals surface area contributed by atoms with Crippen LogP contribution >= 0.6 is 39.0 Å². The van der Waals surface area contributed by atoms with Crippen molar-refractivity contribution < 1.29 is 4.79 Å². The zero-order valence-corrected chi connectivity index (χ0v) is 18.2. The molecule has 4 nitrogen and oxygen atoms in total. The van der Waals surface area contributed by atoms with Gasteiger partial charge < -0.3 is 0 Å². The first kappa shape index (κ1) is 19.1. The van der Waals surface area contributed by atoms with Crippen LogP contribution in [-0.2, 0) is 6.54 Å². The van der Waals surface area contributed by atoms with E-state index < -0.39 is 0 Å². The van der Waals surface area contributed by atoms with Crippen LogP contribution in [0.5, 0.6) is 0 Å². The number of thioether (sulfide) groups is 1. The van der Waals surface area contributed by atoms with Gasteiger partial charge in [0, 0.05) is 27.3 Å². The smallest absolute Gasteiger partial charge is 0.260 e. The molecule has 0 fully saturated rings. The number of nitrogens with zero attached hydrogens (tertiary/aromatic N) is 3. The van der Waals surface area contributed by atoms with Crippen molar-refractivity contribution in [2.75, 3.05) is 11.2 Å². The van der Waals surface area contributed by atoms with Crippen LogP contribution in [0.4, 0.5) is 5.13 Å². The van der Waals surface area contributed by atoms with Gasteiger partial charge in [0.1, 0.15) is 0 Å². The van der Waals surface area contributed by atoms with Crippen LogP contribution in [0.1, 0.15) is 15.9 Å². The molecule has 7 heteroatoms. The highest BCUT2D eigenvalue weighted by molar-refractivity contribution is 9.10. The van der Waals surface area contributed by atoms with Crippen LogP contribution in [0.15, 0.2) is 76.4 Å². The van der Waals surface area contributed by atoms with Crippen molar-refractivity contribution >= 4 is 60.3 Å². The average molecular weight is 470 g/mol. The number of rotatable bonds is 5. The van der Waals surface area contributed by atoms with Crippen molar-refractivity contribution in [3.63, 3.8) is 0 Å². The van der Waals surface area contributed by atoms with Crippen LogP contribution in [0.3, 0.4) is 0 Å². The first-order valence-corrected chi connectivity index (χ1v) is 11.4. The Balaban J connectivity index is 1.75. The molecular formula is C21H16BrN3OS2. The molecule has 0 spiro atoms. The second-order valence-electron chi connectivity index (χ2n) is 6.09. The van der Waals surface area contributed by atoms with Crippen LogP contribution in [0.2, 0.25) is 0 Å². The molecule has 140 valence electrons. The lowest BCUT2D eigenvalue weighted by molar-refractivity contribution is 0.0985. The molecule has 0 atom stereocenters. The van der Waals surface area contributed by atoms with Gasteiger partial charge in [0.15, 0.2) is 5.13 Å². The van der Waals surface area contributed by atoms with E-state index in [1.165, 1.54) is 16.2 Å². The molecule has 0 radical (unpaired) electrons. The Hall–Kier alpha value is -2.22. The number of hydrogen-bond acceptors (Lipinski definition) is 5. The number of hydrogen-bond donors (Lipinski definition) is 0. The highest BCUT2D eigenvalue weighted by Gasteiger charge is 2.22. The lowest BCUT2D eigenvalue weighted by atomic mass is 10.2. The minimum Gasteiger partial charge on any atom is -0.279 e. The summed E-state index contributed by atoms with van der Waals surface area (Å²) in [5, 5.41) is 0.685. The fourth-order valence-corrected chi connectivity index (χ4v) is 4.57. The second-order valence-corrected chi connectivity index (χ2v) is 8.89. The number of halogens is 1. The van der Waals surface area contributed by atoms with Gasteiger partial charge in [0.2, 0.25) is 0 Å². The standard InChI is InChI=1S/C21H16BrN3OS2/c1-27-17-8-9-18-19(11-17)28-21(24-18)25(13-14-3-2-10-23-12-14)20(26)15-4-6-16(22)7-5-15/h2-12H,13H2,1H3. The molecule has 0 aliphatic rings. The molecule has 2 heterocycles. The summed E-state index contributed by atoms with van der Waals surface area (Å²) in [6.45, 7) is 0.415. The molecule has 28 heavy (non-hydrogen) atoms. The Bertz CT molecular complexity index is 1110. The number of benzene rings is 2. The molecule has 0 N–H and O–H groups in total. The Morgan fingerprint density at radius 3 is 2.71 bits per heavy atom. The summed E-state index contributed by atoms with van der Waals surface area (Å²) >= 11 is 6.65. The SMILES string of the molecule is CSc1ccc2nc(N(Cc3cccnc3)C(=O)c3ccc(Br)cc3)sc2c1. The summed E-state index contributed by atoms with van der Waals surface area (Å²) in [4.78, 5) is 25.1. The minimum absolute atomic E-state index is 0.0829. The molecule has 4 rings (SSSR count). The van der Waals surface area contributed by atoms with Gasteiger partial charge in [0.05, 0.1) is 16.8 Å². The third-order valence-corrected chi connectivity index (χ3v) is 6.51. The maximum atomic E-state index is 13.3. The van der Waals surface area contributed by atoms with Gasteiger partial charge in [-0.05, 0) is 60.4 Å². The van der Waals surface area contributed by atoms with Crippen molar-refractivity contribution in [2.45, 2.75) is 11.4 Å². The van der Waals surface area contributed by atoms with Crippen molar-refractivity contribution in [3.05, 3.63) is 82.6 Å². The van der Waals surface area contributed by atoms with Crippen molar-refractivity contribution in [3.8, 4) is 0 Å². The molecule has 0 saturated heterocycles. The first-order valence-electron chi connectivity index (χ1n) is 8.55. The van der Waals surface area contributed by atoms with Gasteiger partial charge in [-0.25, -0.2) is 4.98 Å². The molecule has 0 aliphatic carbocycles. The second kappa shape index (κ2) is 8.43. The number of anilines is 1. The third-order valence-electron chi connectivity index (χ3n) is 4.22. The van der Waals surface area contributed by atoms with E-state index in [0.29, 0.717) is 17.2 Å². The molecule has 2 aromatic heterocycles. The van der Waals surface area contributed by atoms with Crippen LogP contribution in [-0.4, -0.2) is 22.1 Å². The van der Waals surface area contributed by atoms with Gasteiger partial charge in [-0.15, -0.1) is 11.8 Å². The number of carbonyl (C=O) groups excluding carboxylic acids is 1. The average Bonchev–Trinajstić information content (AvgIpc) is 3.15. The third kappa shape index (κ3) is 4.11. The van der Waals surface area contributed by atoms with E-state index in [0.717, 1.165) is 20.3 Å². The summed E-state index contributed by atoms with van der Waals surface area (Å²) < 4.78 is 2.01. The van der Waals surface area contributed by atoms with Gasteiger partial charge in [-0.2, -0.15) is 0 Å². The Kier molecular flexibility index (Phi) is 5.75. The fourth-order valence-electron chi connectivity index (χ4n) is 2.78. The minimum atomic E-state index is -0.0829. The van der Waals surface area contributed by atoms with Crippen LogP contribution in [0.25, 0.3) is 10.2 Å². The highest BCUT2D eigenvalue weighted by Crippen LogP contribution is 2.33. The number of thiazole rings is 1. The van der Waals surface area contributed by atoms with Crippen LogP contribution in [0, 0.1) is 0 Å². The molecule has 1 amide bonds. The van der Waals surface area contributed by atoms with Crippen molar-refractivity contribution in [2.24, 2.45) is 0 Å². The van der Waals surface area contributed by atoms with E-state index in [4.69, 9.17) is 4.98 Å². The summed E-state index contributed by atoms with van der Waals surface area (Å²) in [7, 11) is 0. The van der Waals surface area contributed by atoms with E-state index in [2.05, 4.69) is 39.3 Å². The first-order chi connectivity index (χ1) is 13.6. The monoisotopic (exact) mass is 469 g/mol. The molecule has 0 unspecified atom stereocenters. The largest absolute Gasteiger partial charge is 0.279 e. The molecule has 0 aliphatic heterocycles. The summed E-state index contributed by atoms with van der Waals surface area (Å²) in [6.07, 6.45) is 5.56. The topological polar surface area (TPSA) is 46.1 Å². The normalized spacial score (nSPS) is 10.9. The molecule has 4 aromatic rings. The van der Waals surface area contributed by atoms with Crippen molar-refractivity contribution in [1.82, 2.24) is 9.97 Å². The summed E-state index contributed by atoms with van der Waals surface area (Å²) in [5.41, 5.74) is 2.48. The predicted octanol–water partition coefficient (Wildman–Crippen LogP) is 6.02. The zero-order valence-electron chi connectivity index (χ0n) is 15.0. The van der Waals surface area contributed by atoms with E-state index in [-0.39, 0.29) is 5.91 Å². The quantitative estimate of drug-likeness (QED) is 0.335. The highest BCUT2D eigenvalue weighted by atomic mass is 79.9. The van der Waals surface area contributed by atoms with E-state index >= 15 is 0 Å². The lowest BCUT2D eigenvalue weighted by Crippen LogP contribution is -2.30. The van der Waals surface area contributed by atoms with Gasteiger partial charge in [-0.1, -0.05) is 33.3 Å². The molecule has 0 saturated carbocycles.